The van der Waals surface area contributed by atoms with Gasteiger partial charge in [-0.1, -0.05) is 12.1 Å². The molecule has 3 aliphatic rings. The second-order valence-electron chi connectivity index (χ2n) is 7.38. The van der Waals surface area contributed by atoms with E-state index in [1.54, 1.807) is 7.11 Å². The number of nitrogens with zero attached hydrogens (tertiary/aromatic N) is 1. The lowest BCUT2D eigenvalue weighted by Crippen LogP contribution is -2.52. The summed E-state index contributed by atoms with van der Waals surface area (Å²) >= 11 is 0. The molecule has 2 N–H and O–H groups in total. The Bertz CT molecular complexity index is 618. The Kier molecular flexibility index (Phi) is 4.56. The third kappa shape index (κ3) is 2.98. The first-order valence-corrected chi connectivity index (χ1v) is 9.23. The first-order chi connectivity index (χ1) is 12.2. The summed E-state index contributed by atoms with van der Waals surface area (Å²) in [6, 6.07) is 7.74. The number of piperidine rings is 1. The predicted molar refractivity (Wildman–Crippen MR) is 94.9 cm³/mol. The molecule has 1 amide bonds. The Morgan fingerprint density at radius 1 is 1.12 bits per heavy atom. The molecule has 0 spiro atoms. The molecule has 0 aliphatic carbocycles. The number of benzene rings is 1. The smallest absolute Gasteiger partial charge is 0.231 e. The van der Waals surface area contributed by atoms with Gasteiger partial charge >= 0.3 is 0 Å². The van der Waals surface area contributed by atoms with Crippen LogP contribution in [-0.2, 0) is 4.79 Å². The van der Waals surface area contributed by atoms with Crippen LogP contribution in [0.15, 0.2) is 24.3 Å². The highest BCUT2D eigenvalue weighted by Crippen LogP contribution is 2.37. The van der Waals surface area contributed by atoms with Crippen LogP contribution in [0.1, 0.15) is 12.8 Å². The first kappa shape index (κ1) is 16.7. The van der Waals surface area contributed by atoms with Crippen LogP contribution in [0.5, 0.6) is 11.5 Å². The van der Waals surface area contributed by atoms with Gasteiger partial charge in [-0.25, -0.2) is 0 Å². The molecule has 25 heavy (non-hydrogen) atoms. The molecular formula is C19H27N3O3. The SMILES string of the molecule is COc1ccccc1OC1CCN(C(=O)C23CNCC2CNC3)CC1. The largest absolute Gasteiger partial charge is 0.493 e. The van der Waals surface area contributed by atoms with Crippen molar-refractivity contribution >= 4 is 5.91 Å². The first-order valence-electron chi connectivity index (χ1n) is 9.23. The summed E-state index contributed by atoms with van der Waals surface area (Å²) in [5.74, 6) is 2.30. The molecule has 0 aromatic heterocycles. The molecule has 0 atom stereocenters. The van der Waals surface area contributed by atoms with E-state index in [-0.39, 0.29) is 11.5 Å². The van der Waals surface area contributed by atoms with E-state index in [1.807, 2.05) is 24.3 Å². The monoisotopic (exact) mass is 345 g/mol. The fourth-order valence-corrected chi connectivity index (χ4v) is 4.47. The number of ether oxygens (including phenoxy) is 2. The molecule has 136 valence electrons. The van der Waals surface area contributed by atoms with Crippen LogP contribution in [0.25, 0.3) is 0 Å². The second-order valence-corrected chi connectivity index (χ2v) is 7.38. The number of hydrogen-bond donors (Lipinski definition) is 2. The maximum Gasteiger partial charge on any atom is 0.231 e. The van der Waals surface area contributed by atoms with Gasteiger partial charge in [0.15, 0.2) is 11.5 Å². The number of rotatable bonds is 4. The van der Waals surface area contributed by atoms with Crippen LogP contribution in [0.4, 0.5) is 0 Å². The van der Waals surface area contributed by atoms with Gasteiger partial charge in [0.25, 0.3) is 0 Å². The van der Waals surface area contributed by atoms with E-state index in [1.165, 1.54) is 0 Å². The number of fused-ring (bicyclic) bond motifs is 1. The van der Waals surface area contributed by atoms with E-state index in [2.05, 4.69) is 15.5 Å². The summed E-state index contributed by atoms with van der Waals surface area (Å²) in [5, 5.41) is 6.83. The number of likely N-dealkylation sites (tertiary alicyclic amines) is 1. The summed E-state index contributed by atoms with van der Waals surface area (Å²) in [4.78, 5) is 15.2. The molecule has 3 saturated heterocycles. The molecule has 0 radical (unpaired) electrons. The maximum atomic E-state index is 13.2. The average molecular weight is 345 g/mol. The Morgan fingerprint density at radius 3 is 2.40 bits per heavy atom. The zero-order valence-electron chi connectivity index (χ0n) is 14.8. The normalized spacial score (nSPS) is 29.5. The Morgan fingerprint density at radius 2 is 1.76 bits per heavy atom. The van der Waals surface area contributed by atoms with E-state index < -0.39 is 0 Å². The zero-order chi connectivity index (χ0) is 17.3. The third-order valence-electron chi connectivity index (χ3n) is 5.96. The van der Waals surface area contributed by atoms with Crippen molar-refractivity contribution < 1.29 is 14.3 Å². The minimum absolute atomic E-state index is 0.136. The lowest BCUT2D eigenvalue weighted by atomic mass is 9.79. The van der Waals surface area contributed by atoms with Gasteiger partial charge < -0.3 is 25.0 Å². The number of methoxy groups -OCH3 is 1. The van der Waals surface area contributed by atoms with Gasteiger partial charge in [-0.3, -0.25) is 4.79 Å². The molecule has 0 saturated carbocycles. The molecular weight excluding hydrogens is 318 g/mol. The van der Waals surface area contributed by atoms with Gasteiger partial charge in [0.1, 0.15) is 6.10 Å². The minimum Gasteiger partial charge on any atom is -0.493 e. The molecule has 0 bridgehead atoms. The highest BCUT2D eigenvalue weighted by molar-refractivity contribution is 5.84. The van der Waals surface area contributed by atoms with E-state index in [4.69, 9.17) is 9.47 Å². The van der Waals surface area contributed by atoms with Crippen LogP contribution in [-0.4, -0.2) is 63.3 Å². The van der Waals surface area contributed by atoms with Crippen molar-refractivity contribution in [2.45, 2.75) is 18.9 Å². The molecule has 3 heterocycles. The maximum absolute atomic E-state index is 13.2. The fraction of sp³-hybridized carbons (Fsp3) is 0.632. The molecule has 6 nitrogen and oxygen atoms in total. The van der Waals surface area contributed by atoms with Crippen LogP contribution in [0.2, 0.25) is 0 Å². The molecule has 1 aromatic carbocycles. The highest BCUT2D eigenvalue weighted by Gasteiger charge is 2.53. The summed E-state index contributed by atoms with van der Waals surface area (Å²) in [7, 11) is 1.66. The van der Waals surface area contributed by atoms with Crippen molar-refractivity contribution in [3.63, 3.8) is 0 Å². The van der Waals surface area contributed by atoms with Crippen LogP contribution in [0.3, 0.4) is 0 Å². The molecule has 1 aromatic rings. The van der Waals surface area contributed by atoms with Crippen LogP contribution >= 0.6 is 0 Å². The Hall–Kier alpha value is -1.79. The van der Waals surface area contributed by atoms with E-state index in [0.717, 1.165) is 63.6 Å². The number of carbonyl (C=O) groups is 1. The summed E-state index contributed by atoms with van der Waals surface area (Å²) < 4.78 is 11.5. The summed E-state index contributed by atoms with van der Waals surface area (Å²) in [5.41, 5.74) is -0.226. The average Bonchev–Trinajstić information content (AvgIpc) is 3.23. The molecule has 3 fully saturated rings. The Balaban J connectivity index is 1.36. The lowest BCUT2D eigenvalue weighted by Gasteiger charge is -2.38. The second kappa shape index (κ2) is 6.84. The van der Waals surface area contributed by atoms with Gasteiger partial charge in [0.05, 0.1) is 12.5 Å². The number of nitrogens with one attached hydrogen (secondary N) is 2. The number of para-hydroxylation sites is 2. The van der Waals surface area contributed by atoms with Gasteiger partial charge in [-0.2, -0.15) is 0 Å². The molecule has 4 rings (SSSR count). The van der Waals surface area contributed by atoms with Crippen LogP contribution in [0, 0.1) is 11.3 Å². The van der Waals surface area contributed by atoms with Crippen LogP contribution < -0.4 is 20.1 Å². The fourth-order valence-electron chi connectivity index (χ4n) is 4.47. The van der Waals surface area contributed by atoms with Crippen molar-refractivity contribution in [2.24, 2.45) is 11.3 Å². The summed E-state index contributed by atoms with van der Waals surface area (Å²) in [6.07, 6.45) is 1.87. The topological polar surface area (TPSA) is 62.8 Å². The standard InChI is InChI=1S/C19H27N3O3/c1-24-16-4-2-3-5-17(16)25-15-6-8-22(9-7-15)18(23)19-12-20-10-14(19)11-21-13-19/h2-5,14-15,20-21H,6-13H2,1H3. The van der Waals surface area contributed by atoms with Gasteiger partial charge in [0, 0.05) is 58.0 Å². The van der Waals surface area contributed by atoms with E-state index in [9.17, 15) is 4.79 Å². The molecule has 3 aliphatic heterocycles. The van der Waals surface area contributed by atoms with Crippen molar-refractivity contribution in [2.75, 3.05) is 46.4 Å². The zero-order valence-corrected chi connectivity index (χ0v) is 14.8. The lowest BCUT2D eigenvalue weighted by molar-refractivity contribution is -0.143. The van der Waals surface area contributed by atoms with E-state index >= 15 is 0 Å². The van der Waals surface area contributed by atoms with Crippen molar-refractivity contribution in [1.29, 1.82) is 0 Å². The van der Waals surface area contributed by atoms with Crippen molar-refractivity contribution in [1.82, 2.24) is 15.5 Å². The highest BCUT2D eigenvalue weighted by atomic mass is 16.5. The minimum atomic E-state index is -0.226. The van der Waals surface area contributed by atoms with E-state index in [0.29, 0.717) is 11.8 Å². The molecule has 6 heteroatoms. The summed E-state index contributed by atoms with van der Waals surface area (Å²) in [6.45, 7) is 5.06. The quantitative estimate of drug-likeness (QED) is 0.848. The third-order valence-corrected chi connectivity index (χ3v) is 5.96. The Labute approximate surface area is 148 Å². The molecule has 0 unspecified atom stereocenters. The van der Waals surface area contributed by atoms with Crippen molar-refractivity contribution in [3.05, 3.63) is 24.3 Å². The number of carbonyl (C=O) groups excluding carboxylic acids is 1. The van der Waals surface area contributed by atoms with Crippen molar-refractivity contribution in [3.8, 4) is 11.5 Å². The number of hydrogen-bond acceptors (Lipinski definition) is 5. The van der Waals surface area contributed by atoms with Gasteiger partial charge in [-0.05, 0) is 12.1 Å². The predicted octanol–water partition coefficient (Wildman–Crippen LogP) is 0.874. The van der Waals surface area contributed by atoms with Gasteiger partial charge in [-0.15, -0.1) is 0 Å². The van der Waals surface area contributed by atoms with Gasteiger partial charge in [0.2, 0.25) is 5.91 Å². The number of amides is 1.